The summed E-state index contributed by atoms with van der Waals surface area (Å²) in [5, 5.41) is 12.4. The van der Waals surface area contributed by atoms with Crippen molar-refractivity contribution in [2.75, 3.05) is 12.9 Å². The first-order chi connectivity index (χ1) is 15.7. The maximum Gasteiger partial charge on any atom is 0.337 e. The molecule has 1 aliphatic carbocycles. The zero-order chi connectivity index (χ0) is 22.3. The van der Waals surface area contributed by atoms with Crippen molar-refractivity contribution < 1.29 is 18.7 Å². The van der Waals surface area contributed by atoms with Crippen LogP contribution >= 0.6 is 11.8 Å². The van der Waals surface area contributed by atoms with Crippen molar-refractivity contribution in [3.8, 4) is 11.6 Å². The molecule has 2 aromatic heterocycles. The molecule has 0 aliphatic heterocycles. The molecule has 8 nitrogen and oxygen atoms in total. The number of amides is 1. The third-order valence-electron chi connectivity index (χ3n) is 5.54. The molecule has 0 atom stereocenters. The number of carbonyl (C=O) groups excluding carboxylic acids is 2. The number of rotatable bonds is 8. The molecule has 2 heterocycles. The molecule has 32 heavy (non-hydrogen) atoms. The minimum absolute atomic E-state index is 0.0928. The number of hydrogen-bond donors (Lipinski definition) is 1. The van der Waals surface area contributed by atoms with Crippen molar-refractivity contribution in [3.63, 3.8) is 0 Å². The van der Waals surface area contributed by atoms with E-state index in [1.807, 2.05) is 12.1 Å². The lowest BCUT2D eigenvalue weighted by molar-refractivity contribution is -0.118. The zero-order valence-electron chi connectivity index (χ0n) is 18.0. The molecule has 1 saturated carbocycles. The quantitative estimate of drug-likeness (QED) is 0.401. The second-order valence-electron chi connectivity index (χ2n) is 7.70. The van der Waals surface area contributed by atoms with Crippen LogP contribution in [-0.2, 0) is 16.1 Å². The van der Waals surface area contributed by atoms with Crippen molar-refractivity contribution in [3.05, 3.63) is 53.8 Å². The van der Waals surface area contributed by atoms with Crippen LogP contribution in [0.2, 0.25) is 0 Å². The van der Waals surface area contributed by atoms with E-state index < -0.39 is 0 Å². The standard InChI is InChI=1S/C23H26N4O4S/c1-30-22(29)17-11-9-16(10-12-17)14-24-20(28)15-32-23-26-25-21(19-8-5-13-31-19)27(23)18-6-3-2-4-7-18/h5,8-13,18H,2-4,6-7,14-15H2,1H3,(H,24,28). The largest absolute Gasteiger partial charge is 0.465 e. The van der Waals surface area contributed by atoms with Crippen LogP contribution < -0.4 is 5.32 Å². The minimum atomic E-state index is -0.381. The third kappa shape index (κ3) is 5.21. The van der Waals surface area contributed by atoms with Gasteiger partial charge in [0.1, 0.15) is 0 Å². The van der Waals surface area contributed by atoms with Crippen LogP contribution in [0.1, 0.15) is 54.1 Å². The monoisotopic (exact) mass is 454 g/mol. The van der Waals surface area contributed by atoms with Gasteiger partial charge >= 0.3 is 5.97 Å². The molecular weight excluding hydrogens is 428 g/mol. The second kappa shape index (κ2) is 10.5. The van der Waals surface area contributed by atoms with Gasteiger partial charge < -0.3 is 14.5 Å². The third-order valence-corrected chi connectivity index (χ3v) is 6.49. The number of esters is 1. The summed E-state index contributed by atoms with van der Waals surface area (Å²) in [4.78, 5) is 24.0. The van der Waals surface area contributed by atoms with E-state index in [2.05, 4.69) is 20.1 Å². The highest BCUT2D eigenvalue weighted by molar-refractivity contribution is 7.99. The summed E-state index contributed by atoms with van der Waals surface area (Å²) in [7, 11) is 1.35. The maximum atomic E-state index is 12.5. The lowest BCUT2D eigenvalue weighted by atomic mass is 9.95. The molecule has 1 aliphatic rings. The Balaban J connectivity index is 1.37. The van der Waals surface area contributed by atoms with Crippen molar-refractivity contribution in [1.82, 2.24) is 20.1 Å². The molecule has 1 aromatic carbocycles. The summed E-state index contributed by atoms with van der Waals surface area (Å²) in [6, 6.07) is 11.0. The first kappa shape index (κ1) is 22.1. The fraction of sp³-hybridized carbons (Fsp3) is 0.391. The predicted octanol–water partition coefficient (Wildman–Crippen LogP) is 4.24. The minimum Gasteiger partial charge on any atom is -0.465 e. The summed E-state index contributed by atoms with van der Waals surface area (Å²) in [5.41, 5.74) is 1.38. The number of hydrogen-bond acceptors (Lipinski definition) is 7. The van der Waals surface area contributed by atoms with Gasteiger partial charge in [0, 0.05) is 12.6 Å². The van der Waals surface area contributed by atoms with Crippen LogP contribution in [-0.4, -0.2) is 39.5 Å². The molecule has 168 valence electrons. The second-order valence-corrected chi connectivity index (χ2v) is 8.64. The number of benzene rings is 1. The zero-order valence-corrected chi connectivity index (χ0v) is 18.8. The van der Waals surface area contributed by atoms with Crippen molar-refractivity contribution >= 4 is 23.6 Å². The van der Waals surface area contributed by atoms with Crippen LogP contribution in [0.3, 0.4) is 0 Å². The number of methoxy groups -OCH3 is 1. The molecule has 9 heteroatoms. The molecule has 0 radical (unpaired) electrons. The normalized spacial score (nSPS) is 14.3. The van der Waals surface area contributed by atoms with E-state index in [1.165, 1.54) is 38.1 Å². The molecule has 1 amide bonds. The van der Waals surface area contributed by atoms with Crippen LogP contribution in [0.4, 0.5) is 0 Å². The van der Waals surface area contributed by atoms with Gasteiger partial charge in [0.15, 0.2) is 10.9 Å². The summed E-state index contributed by atoms with van der Waals surface area (Å²) in [6.45, 7) is 0.383. The Morgan fingerprint density at radius 2 is 1.94 bits per heavy atom. The molecule has 0 spiro atoms. The smallest absolute Gasteiger partial charge is 0.337 e. The number of carbonyl (C=O) groups is 2. The van der Waals surface area contributed by atoms with Crippen LogP contribution in [0.25, 0.3) is 11.6 Å². The van der Waals surface area contributed by atoms with Crippen molar-refractivity contribution in [2.24, 2.45) is 0 Å². The van der Waals surface area contributed by atoms with Crippen molar-refractivity contribution in [1.29, 1.82) is 0 Å². The van der Waals surface area contributed by atoms with Crippen LogP contribution in [0.5, 0.6) is 0 Å². The van der Waals surface area contributed by atoms with E-state index in [9.17, 15) is 9.59 Å². The predicted molar refractivity (Wildman–Crippen MR) is 120 cm³/mol. The first-order valence-corrected chi connectivity index (χ1v) is 11.7. The van der Waals surface area contributed by atoms with Gasteiger partial charge in [-0.2, -0.15) is 0 Å². The Kier molecular flexibility index (Phi) is 7.26. The summed E-state index contributed by atoms with van der Waals surface area (Å²) >= 11 is 1.39. The van der Waals surface area contributed by atoms with E-state index >= 15 is 0 Å². The average molecular weight is 455 g/mol. The number of nitrogens with one attached hydrogen (secondary N) is 1. The van der Waals surface area contributed by atoms with E-state index in [4.69, 9.17) is 9.15 Å². The molecule has 0 unspecified atom stereocenters. The van der Waals surface area contributed by atoms with Gasteiger partial charge in [0.2, 0.25) is 11.7 Å². The first-order valence-electron chi connectivity index (χ1n) is 10.7. The molecular formula is C23H26N4O4S. The fourth-order valence-corrected chi connectivity index (χ4v) is 4.71. The van der Waals surface area contributed by atoms with Gasteiger partial charge in [-0.3, -0.25) is 9.36 Å². The number of nitrogens with zero attached hydrogens (tertiary/aromatic N) is 3. The molecule has 1 N–H and O–H groups in total. The summed E-state index contributed by atoms with van der Waals surface area (Å²) in [5.74, 6) is 1.17. The van der Waals surface area contributed by atoms with Gasteiger partial charge in [0.25, 0.3) is 0 Å². The Morgan fingerprint density at radius 1 is 1.16 bits per heavy atom. The maximum absolute atomic E-state index is 12.5. The van der Waals surface area contributed by atoms with E-state index in [1.54, 1.807) is 30.5 Å². The molecule has 4 rings (SSSR count). The summed E-state index contributed by atoms with van der Waals surface area (Å²) < 4.78 is 12.4. The van der Waals surface area contributed by atoms with E-state index in [0.29, 0.717) is 23.9 Å². The number of ether oxygens (including phenoxy) is 1. The summed E-state index contributed by atoms with van der Waals surface area (Å²) in [6.07, 6.45) is 7.40. The van der Waals surface area contributed by atoms with E-state index in [-0.39, 0.29) is 17.6 Å². The van der Waals surface area contributed by atoms with Crippen LogP contribution in [0.15, 0.2) is 52.2 Å². The SMILES string of the molecule is COC(=O)c1ccc(CNC(=O)CSc2nnc(-c3ccco3)n2C2CCCCC2)cc1. The number of thioether (sulfide) groups is 1. The molecule has 0 saturated heterocycles. The molecule has 1 fully saturated rings. The topological polar surface area (TPSA) is 99.2 Å². The van der Waals surface area contributed by atoms with Crippen molar-refractivity contribution in [2.45, 2.75) is 49.8 Å². The van der Waals surface area contributed by atoms with Crippen LogP contribution in [0, 0.1) is 0 Å². The highest BCUT2D eigenvalue weighted by atomic mass is 32.2. The van der Waals surface area contributed by atoms with Gasteiger partial charge in [-0.05, 0) is 42.7 Å². The lowest BCUT2D eigenvalue weighted by Gasteiger charge is -2.25. The van der Waals surface area contributed by atoms with Gasteiger partial charge in [-0.15, -0.1) is 10.2 Å². The highest BCUT2D eigenvalue weighted by Crippen LogP contribution is 2.35. The molecule has 0 bridgehead atoms. The Bertz CT molecular complexity index is 1040. The van der Waals surface area contributed by atoms with E-state index in [0.717, 1.165) is 29.4 Å². The van der Waals surface area contributed by atoms with Gasteiger partial charge in [-0.25, -0.2) is 4.79 Å². The number of furan rings is 1. The van der Waals surface area contributed by atoms with Gasteiger partial charge in [-0.1, -0.05) is 43.2 Å². The average Bonchev–Trinajstić information content (AvgIpc) is 3.51. The fourth-order valence-electron chi connectivity index (χ4n) is 3.88. The highest BCUT2D eigenvalue weighted by Gasteiger charge is 2.25. The number of aromatic nitrogens is 3. The Hall–Kier alpha value is -3.07. The Labute approximate surface area is 190 Å². The molecule has 3 aromatic rings. The van der Waals surface area contributed by atoms with Gasteiger partial charge in [0.05, 0.1) is 24.7 Å². The Morgan fingerprint density at radius 3 is 2.62 bits per heavy atom. The lowest BCUT2D eigenvalue weighted by Crippen LogP contribution is -2.25.